The average Bonchev–Trinajstić information content (AvgIpc) is 2.27. The van der Waals surface area contributed by atoms with Crippen molar-refractivity contribution >= 4 is 17.5 Å². The van der Waals surface area contributed by atoms with Gasteiger partial charge in [0.1, 0.15) is 0 Å². The maximum absolute atomic E-state index is 9.29. The predicted molar refractivity (Wildman–Crippen MR) is 65.6 cm³/mol. The van der Waals surface area contributed by atoms with Gasteiger partial charge in [-0.05, 0) is 32.4 Å². The Labute approximate surface area is 106 Å². The van der Waals surface area contributed by atoms with Crippen LogP contribution in [0.15, 0.2) is 0 Å². The summed E-state index contributed by atoms with van der Waals surface area (Å²) in [5.41, 5.74) is -0.492. The minimum Gasteiger partial charge on any atom is -0.464 e. The van der Waals surface area contributed by atoms with Gasteiger partial charge in [-0.3, -0.25) is 0 Å². The molecule has 0 aliphatic rings. The molecule has 0 fully saturated rings. The first-order chi connectivity index (χ1) is 7.90. The molecule has 6 nitrogen and oxygen atoms in total. The first kappa shape index (κ1) is 13.9. The fourth-order valence-corrected chi connectivity index (χ4v) is 1.19. The van der Waals surface area contributed by atoms with Gasteiger partial charge in [0.05, 0.1) is 18.8 Å². The van der Waals surface area contributed by atoms with Crippen molar-refractivity contribution in [1.29, 1.82) is 0 Å². The normalized spacial score (nSPS) is 11.4. The zero-order valence-electron chi connectivity index (χ0n) is 10.4. The number of hydrogen-bond donors (Lipinski definition) is 1. The molecule has 0 radical (unpaired) electrons. The Hall–Kier alpha value is -1.14. The Bertz CT molecular complexity index is 387. The summed E-state index contributed by atoms with van der Waals surface area (Å²) in [5, 5.41) is 9.36. The van der Waals surface area contributed by atoms with Crippen molar-refractivity contribution in [1.82, 2.24) is 15.0 Å². The molecule has 0 aliphatic heterocycles. The summed E-state index contributed by atoms with van der Waals surface area (Å²) in [4.78, 5) is 13.7. The SMILES string of the molecule is CCOc1nc(Cl)nc(N(C)C(C)(C)CO)n1. The van der Waals surface area contributed by atoms with Gasteiger partial charge < -0.3 is 14.7 Å². The van der Waals surface area contributed by atoms with E-state index in [2.05, 4.69) is 15.0 Å². The molecule has 0 saturated carbocycles. The van der Waals surface area contributed by atoms with Crippen LogP contribution in [-0.4, -0.2) is 45.9 Å². The highest BCUT2D eigenvalue weighted by Crippen LogP contribution is 2.20. The van der Waals surface area contributed by atoms with E-state index in [1.807, 2.05) is 20.8 Å². The molecule has 0 atom stereocenters. The number of nitrogens with zero attached hydrogens (tertiary/aromatic N) is 4. The van der Waals surface area contributed by atoms with Gasteiger partial charge in [0, 0.05) is 7.05 Å². The van der Waals surface area contributed by atoms with Crippen molar-refractivity contribution in [2.75, 3.05) is 25.2 Å². The number of ether oxygens (including phenoxy) is 1. The molecule has 0 saturated heterocycles. The molecule has 1 aromatic rings. The van der Waals surface area contributed by atoms with Crippen LogP contribution in [0.3, 0.4) is 0 Å². The van der Waals surface area contributed by atoms with Gasteiger partial charge >= 0.3 is 6.01 Å². The van der Waals surface area contributed by atoms with Crippen LogP contribution in [0.1, 0.15) is 20.8 Å². The highest BCUT2D eigenvalue weighted by Gasteiger charge is 2.25. The molecule has 1 aromatic heterocycles. The van der Waals surface area contributed by atoms with E-state index in [4.69, 9.17) is 16.3 Å². The first-order valence-electron chi connectivity index (χ1n) is 5.29. The van der Waals surface area contributed by atoms with Crippen LogP contribution in [0.5, 0.6) is 6.01 Å². The van der Waals surface area contributed by atoms with Crippen LogP contribution < -0.4 is 9.64 Å². The number of likely N-dealkylation sites (N-methyl/N-ethyl adjacent to an activating group) is 1. The third-order valence-corrected chi connectivity index (χ3v) is 2.61. The van der Waals surface area contributed by atoms with Crippen LogP contribution in [0.2, 0.25) is 5.28 Å². The van der Waals surface area contributed by atoms with Crippen LogP contribution in [0.25, 0.3) is 0 Å². The maximum Gasteiger partial charge on any atom is 0.322 e. The number of halogens is 1. The third-order valence-electron chi connectivity index (χ3n) is 2.44. The highest BCUT2D eigenvalue weighted by atomic mass is 35.5. The van der Waals surface area contributed by atoms with E-state index in [9.17, 15) is 5.11 Å². The molecule has 0 spiro atoms. The standard InChI is InChI=1S/C10H17ClN4O2/c1-5-17-9-13-7(11)12-8(14-9)15(4)10(2,3)6-16/h16H,5-6H2,1-4H3. The van der Waals surface area contributed by atoms with Crippen molar-refractivity contribution in [3.8, 4) is 6.01 Å². The lowest BCUT2D eigenvalue weighted by Crippen LogP contribution is -2.45. The van der Waals surface area contributed by atoms with E-state index in [1.54, 1.807) is 11.9 Å². The Morgan fingerprint density at radius 2 is 2.00 bits per heavy atom. The lowest BCUT2D eigenvalue weighted by atomic mass is 10.1. The van der Waals surface area contributed by atoms with Gasteiger partial charge in [-0.1, -0.05) is 0 Å². The summed E-state index contributed by atoms with van der Waals surface area (Å²) in [5.74, 6) is 0.368. The zero-order valence-corrected chi connectivity index (χ0v) is 11.2. The number of aliphatic hydroxyl groups excluding tert-OH is 1. The molecular formula is C10H17ClN4O2. The maximum atomic E-state index is 9.29. The molecule has 1 heterocycles. The monoisotopic (exact) mass is 260 g/mol. The molecule has 1 N–H and O–H groups in total. The molecule has 0 amide bonds. The second kappa shape index (κ2) is 5.46. The number of anilines is 1. The van der Waals surface area contributed by atoms with Crippen molar-refractivity contribution in [3.05, 3.63) is 5.28 Å². The van der Waals surface area contributed by atoms with Gasteiger partial charge in [-0.2, -0.15) is 15.0 Å². The number of rotatable bonds is 5. The molecule has 17 heavy (non-hydrogen) atoms. The van der Waals surface area contributed by atoms with E-state index in [-0.39, 0.29) is 17.9 Å². The largest absolute Gasteiger partial charge is 0.464 e. The van der Waals surface area contributed by atoms with E-state index in [0.29, 0.717) is 12.6 Å². The van der Waals surface area contributed by atoms with Crippen molar-refractivity contribution in [2.24, 2.45) is 0 Å². The third kappa shape index (κ3) is 3.41. The van der Waals surface area contributed by atoms with Crippen LogP contribution in [-0.2, 0) is 0 Å². The summed E-state index contributed by atoms with van der Waals surface area (Å²) < 4.78 is 5.19. The molecule has 1 rings (SSSR count). The van der Waals surface area contributed by atoms with Crippen LogP contribution in [0, 0.1) is 0 Å². The van der Waals surface area contributed by atoms with Crippen LogP contribution in [0.4, 0.5) is 5.95 Å². The summed E-state index contributed by atoms with van der Waals surface area (Å²) >= 11 is 5.79. The van der Waals surface area contributed by atoms with Crippen molar-refractivity contribution in [3.63, 3.8) is 0 Å². The lowest BCUT2D eigenvalue weighted by Gasteiger charge is -2.33. The molecular weight excluding hydrogens is 244 g/mol. The molecule has 7 heteroatoms. The topological polar surface area (TPSA) is 71.4 Å². The fourth-order valence-electron chi connectivity index (χ4n) is 1.04. The Morgan fingerprint density at radius 1 is 1.35 bits per heavy atom. The van der Waals surface area contributed by atoms with Crippen molar-refractivity contribution in [2.45, 2.75) is 26.3 Å². The van der Waals surface area contributed by atoms with Gasteiger partial charge in [0.25, 0.3) is 0 Å². The quantitative estimate of drug-likeness (QED) is 0.856. The van der Waals surface area contributed by atoms with Gasteiger partial charge in [0.2, 0.25) is 11.2 Å². The Kier molecular flexibility index (Phi) is 4.47. The van der Waals surface area contributed by atoms with E-state index >= 15 is 0 Å². The van der Waals surface area contributed by atoms with Crippen molar-refractivity contribution < 1.29 is 9.84 Å². The predicted octanol–water partition coefficient (Wildman–Crippen LogP) is 1.13. The smallest absolute Gasteiger partial charge is 0.322 e. The van der Waals surface area contributed by atoms with E-state index in [0.717, 1.165) is 0 Å². The zero-order chi connectivity index (χ0) is 13.1. The minimum atomic E-state index is -0.492. The van der Waals surface area contributed by atoms with Gasteiger partial charge in [-0.15, -0.1) is 0 Å². The highest BCUT2D eigenvalue weighted by molar-refractivity contribution is 6.28. The molecule has 0 bridgehead atoms. The van der Waals surface area contributed by atoms with E-state index < -0.39 is 5.54 Å². The lowest BCUT2D eigenvalue weighted by molar-refractivity contribution is 0.214. The van der Waals surface area contributed by atoms with Gasteiger partial charge in [-0.25, -0.2) is 0 Å². The Morgan fingerprint density at radius 3 is 2.53 bits per heavy atom. The summed E-state index contributed by atoms with van der Waals surface area (Å²) in [7, 11) is 1.78. The molecule has 0 aliphatic carbocycles. The fraction of sp³-hybridized carbons (Fsp3) is 0.700. The minimum absolute atomic E-state index is 0.0310. The Balaban J connectivity index is 3.05. The number of hydrogen-bond acceptors (Lipinski definition) is 6. The molecule has 0 unspecified atom stereocenters. The van der Waals surface area contributed by atoms with Crippen LogP contribution >= 0.6 is 11.6 Å². The summed E-state index contributed by atoms with van der Waals surface area (Å²) in [6.07, 6.45) is 0. The second-order valence-corrected chi connectivity index (χ2v) is 4.49. The average molecular weight is 261 g/mol. The molecule has 0 aromatic carbocycles. The number of aliphatic hydroxyl groups is 1. The molecule has 96 valence electrons. The summed E-state index contributed by atoms with van der Waals surface area (Å²) in [6, 6.07) is 0.183. The summed E-state index contributed by atoms with van der Waals surface area (Å²) in [6.45, 7) is 5.98. The second-order valence-electron chi connectivity index (χ2n) is 4.15. The number of aromatic nitrogens is 3. The van der Waals surface area contributed by atoms with E-state index in [1.165, 1.54) is 0 Å². The van der Waals surface area contributed by atoms with Gasteiger partial charge in [0.15, 0.2) is 0 Å². The first-order valence-corrected chi connectivity index (χ1v) is 5.67.